The summed E-state index contributed by atoms with van der Waals surface area (Å²) < 4.78 is 5.86. The Kier molecular flexibility index (Phi) is 8.50. The number of carbonyl (C=O) groups excluding carboxylic acids is 2. The minimum atomic E-state index is -0.702. The molecule has 0 bridgehead atoms. The molecule has 0 aliphatic rings. The summed E-state index contributed by atoms with van der Waals surface area (Å²) >= 11 is 6.17. The van der Waals surface area contributed by atoms with E-state index >= 15 is 0 Å². The normalized spacial score (nSPS) is 11.5. The van der Waals surface area contributed by atoms with Gasteiger partial charge in [0.2, 0.25) is 5.91 Å². The van der Waals surface area contributed by atoms with E-state index in [0.29, 0.717) is 17.2 Å². The maximum Gasteiger partial charge on any atom is 0.261 e. The number of hydrogen-bond donors (Lipinski definition) is 1. The van der Waals surface area contributed by atoms with E-state index in [4.69, 9.17) is 16.3 Å². The lowest BCUT2D eigenvalue weighted by molar-refractivity contribution is -0.142. The molecule has 0 fully saturated rings. The van der Waals surface area contributed by atoms with Gasteiger partial charge in [0, 0.05) is 25.0 Å². The minimum Gasteiger partial charge on any atom is -0.483 e. The molecule has 1 unspecified atom stereocenters. The average Bonchev–Trinajstić information content (AvgIpc) is 2.81. The number of rotatable bonds is 9. The topological polar surface area (TPSA) is 58.6 Å². The lowest BCUT2D eigenvalue weighted by Crippen LogP contribution is -2.51. The van der Waals surface area contributed by atoms with Crippen LogP contribution in [0.4, 0.5) is 0 Å². The van der Waals surface area contributed by atoms with Gasteiger partial charge in [-0.25, -0.2) is 0 Å². The lowest BCUT2D eigenvalue weighted by Gasteiger charge is -2.31. The largest absolute Gasteiger partial charge is 0.483 e. The summed E-state index contributed by atoms with van der Waals surface area (Å²) in [5, 5.41) is 3.28. The van der Waals surface area contributed by atoms with Crippen molar-refractivity contribution >= 4 is 23.4 Å². The van der Waals surface area contributed by atoms with Crippen LogP contribution in [0.3, 0.4) is 0 Å². The summed E-state index contributed by atoms with van der Waals surface area (Å²) in [7, 11) is 1.58. The molecule has 5 nitrogen and oxygen atoms in total. The van der Waals surface area contributed by atoms with Crippen molar-refractivity contribution in [3.8, 4) is 5.75 Å². The molecule has 172 valence electrons. The molecule has 0 saturated heterocycles. The third kappa shape index (κ3) is 6.83. The van der Waals surface area contributed by atoms with Crippen molar-refractivity contribution in [2.24, 2.45) is 0 Å². The van der Waals surface area contributed by atoms with Gasteiger partial charge in [0.25, 0.3) is 5.91 Å². The van der Waals surface area contributed by atoms with Crippen molar-refractivity contribution in [2.45, 2.75) is 32.9 Å². The van der Waals surface area contributed by atoms with Crippen molar-refractivity contribution in [2.75, 3.05) is 13.7 Å². The van der Waals surface area contributed by atoms with E-state index in [9.17, 15) is 9.59 Å². The van der Waals surface area contributed by atoms with Gasteiger partial charge in [-0.05, 0) is 48.7 Å². The zero-order valence-electron chi connectivity index (χ0n) is 19.2. The fourth-order valence-electron chi connectivity index (χ4n) is 3.74. The maximum atomic E-state index is 13.4. The molecular formula is C27H29ClN2O3. The van der Waals surface area contributed by atoms with Crippen LogP contribution < -0.4 is 10.1 Å². The Morgan fingerprint density at radius 1 is 0.970 bits per heavy atom. The number of aryl methyl sites for hydroxylation is 2. The third-order valence-electron chi connectivity index (χ3n) is 5.44. The number of ether oxygens (including phenoxy) is 1. The van der Waals surface area contributed by atoms with E-state index in [2.05, 4.69) is 5.32 Å². The first-order valence-corrected chi connectivity index (χ1v) is 11.2. The van der Waals surface area contributed by atoms with Crippen LogP contribution in [0.25, 0.3) is 0 Å². The van der Waals surface area contributed by atoms with Crippen molar-refractivity contribution in [1.82, 2.24) is 10.2 Å². The van der Waals surface area contributed by atoms with Crippen molar-refractivity contribution in [3.63, 3.8) is 0 Å². The number of halogens is 1. The highest BCUT2D eigenvalue weighted by Gasteiger charge is 2.30. The van der Waals surface area contributed by atoms with E-state index in [-0.39, 0.29) is 25.0 Å². The molecule has 0 heterocycles. The summed E-state index contributed by atoms with van der Waals surface area (Å²) in [5.41, 5.74) is 3.88. The zero-order valence-corrected chi connectivity index (χ0v) is 19.9. The van der Waals surface area contributed by atoms with Gasteiger partial charge in [0.1, 0.15) is 11.8 Å². The molecule has 0 aliphatic heterocycles. The van der Waals surface area contributed by atoms with E-state index < -0.39 is 6.04 Å². The third-order valence-corrected chi connectivity index (χ3v) is 5.68. The highest BCUT2D eigenvalue weighted by molar-refractivity contribution is 6.30. The summed E-state index contributed by atoms with van der Waals surface area (Å²) in [6.45, 7) is 4.01. The summed E-state index contributed by atoms with van der Waals surface area (Å²) in [6, 6.07) is 22.1. The standard InChI is InChI=1S/C27H29ClN2O3/c1-19-12-13-25(20(2)14-19)33-18-26(31)30(17-22-10-7-11-23(28)15-22)24(27(32)29-3)16-21-8-5-4-6-9-21/h4-15,24H,16-18H2,1-3H3,(H,29,32). The molecule has 2 amide bonds. The zero-order chi connectivity index (χ0) is 23.8. The first-order chi connectivity index (χ1) is 15.9. The number of benzene rings is 3. The fourth-order valence-corrected chi connectivity index (χ4v) is 3.95. The van der Waals surface area contributed by atoms with Crippen LogP contribution in [-0.4, -0.2) is 36.4 Å². The molecule has 3 aromatic carbocycles. The van der Waals surface area contributed by atoms with Crippen molar-refractivity contribution in [1.29, 1.82) is 0 Å². The summed E-state index contributed by atoms with van der Waals surface area (Å²) in [5.74, 6) is 0.136. The Morgan fingerprint density at radius 2 is 1.70 bits per heavy atom. The molecule has 0 saturated carbocycles. The smallest absolute Gasteiger partial charge is 0.261 e. The molecule has 1 N–H and O–H groups in total. The SMILES string of the molecule is CNC(=O)C(Cc1ccccc1)N(Cc1cccc(Cl)c1)C(=O)COc1ccc(C)cc1C. The highest BCUT2D eigenvalue weighted by Crippen LogP contribution is 2.21. The Bertz CT molecular complexity index is 1100. The van der Waals surface area contributed by atoms with Crippen molar-refractivity contribution in [3.05, 3.63) is 100 Å². The number of nitrogens with zero attached hydrogens (tertiary/aromatic N) is 1. The second-order valence-corrected chi connectivity index (χ2v) is 8.47. The molecule has 0 radical (unpaired) electrons. The van der Waals surface area contributed by atoms with Crippen LogP contribution in [0.2, 0.25) is 5.02 Å². The first kappa shape index (κ1) is 24.3. The van der Waals surface area contributed by atoms with Crippen LogP contribution in [0.15, 0.2) is 72.8 Å². The van der Waals surface area contributed by atoms with E-state index in [1.165, 1.54) is 0 Å². The average molecular weight is 465 g/mol. The van der Waals surface area contributed by atoms with Crippen LogP contribution in [0.5, 0.6) is 5.75 Å². The molecule has 33 heavy (non-hydrogen) atoms. The molecule has 0 spiro atoms. The van der Waals surface area contributed by atoms with Crippen LogP contribution in [0, 0.1) is 13.8 Å². The number of hydrogen-bond acceptors (Lipinski definition) is 3. The highest BCUT2D eigenvalue weighted by atomic mass is 35.5. The molecule has 3 aromatic rings. The van der Waals surface area contributed by atoms with Gasteiger partial charge in [-0.1, -0.05) is 71.8 Å². The predicted molar refractivity (Wildman–Crippen MR) is 131 cm³/mol. The number of likely N-dealkylation sites (N-methyl/N-ethyl adjacent to an activating group) is 1. The Morgan fingerprint density at radius 3 is 2.36 bits per heavy atom. The van der Waals surface area contributed by atoms with Gasteiger partial charge in [0.15, 0.2) is 6.61 Å². The van der Waals surface area contributed by atoms with Crippen LogP contribution in [0.1, 0.15) is 22.3 Å². The van der Waals surface area contributed by atoms with Crippen LogP contribution >= 0.6 is 11.6 Å². The lowest BCUT2D eigenvalue weighted by atomic mass is 10.0. The Hall–Kier alpha value is -3.31. The van der Waals surface area contributed by atoms with E-state index in [1.54, 1.807) is 24.1 Å². The van der Waals surface area contributed by atoms with Crippen molar-refractivity contribution < 1.29 is 14.3 Å². The quantitative estimate of drug-likeness (QED) is 0.498. The second kappa shape index (κ2) is 11.5. The number of carbonyl (C=O) groups is 2. The van der Waals surface area contributed by atoms with E-state index in [1.807, 2.05) is 74.5 Å². The first-order valence-electron chi connectivity index (χ1n) is 10.9. The molecule has 1 atom stereocenters. The molecular weight excluding hydrogens is 436 g/mol. The molecule has 6 heteroatoms. The van der Waals surface area contributed by atoms with E-state index in [0.717, 1.165) is 22.3 Å². The van der Waals surface area contributed by atoms with Gasteiger partial charge in [0.05, 0.1) is 0 Å². The fraction of sp³-hybridized carbons (Fsp3) is 0.259. The Balaban J connectivity index is 1.88. The van der Waals surface area contributed by atoms with Gasteiger partial charge >= 0.3 is 0 Å². The molecule has 0 aromatic heterocycles. The maximum absolute atomic E-state index is 13.4. The Labute approximate surface area is 200 Å². The van der Waals surface area contributed by atoms with Gasteiger partial charge < -0.3 is 15.0 Å². The number of amides is 2. The predicted octanol–water partition coefficient (Wildman–Crippen LogP) is 4.72. The molecule has 3 rings (SSSR count). The summed E-state index contributed by atoms with van der Waals surface area (Å²) in [4.78, 5) is 27.9. The monoisotopic (exact) mass is 464 g/mol. The molecule has 0 aliphatic carbocycles. The minimum absolute atomic E-state index is 0.174. The van der Waals surface area contributed by atoms with Crippen LogP contribution in [-0.2, 0) is 22.6 Å². The van der Waals surface area contributed by atoms with Gasteiger partial charge in [-0.15, -0.1) is 0 Å². The van der Waals surface area contributed by atoms with Gasteiger partial charge in [-0.3, -0.25) is 9.59 Å². The number of nitrogens with one attached hydrogen (secondary N) is 1. The summed E-state index contributed by atoms with van der Waals surface area (Å²) in [6.07, 6.45) is 0.385. The van der Waals surface area contributed by atoms with Gasteiger partial charge in [-0.2, -0.15) is 0 Å². The second-order valence-electron chi connectivity index (χ2n) is 8.03.